The third-order valence-corrected chi connectivity index (χ3v) is 3.90. The predicted molar refractivity (Wildman–Crippen MR) is 63.8 cm³/mol. The summed E-state index contributed by atoms with van der Waals surface area (Å²) in [5, 5.41) is 0. The number of alkyl halides is 1. The molecule has 0 radical (unpaired) electrons. The van der Waals surface area contributed by atoms with E-state index in [4.69, 9.17) is 43.6 Å². The molecule has 0 fully saturated rings. The van der Waals surface area contributed by atoms with Gasteiger partial charge < -0.3 is 0 Å². The summed E-state index contributed by atoms with van der Waals surface area (Å²) in [6.45, 7) is 2.11. The van der Waals surface area contributed by atoms with Crippen LogP contribution in [0, 0.1) is 5.92 Å². The van der Waals surface area contributed by atoms with Crippen molar-refractivity contribution in [3.05, 3.63) is 0 Å². The largest absolute Gasteiger partial charge is 0.127 e. The third-order valence-electron chi connectivity index (χ3n) is 1.55. The van der Waals surface area contributed by atoms with Crippen molar-refractivity contribution >= 4 is 51.3 Å². The van der Waals surface area contributed by atoms with E-state index in [-0.39, 0.29) is 0 Å². The first kappa shape index (κ1) is 13.5. The van der Waals surface area contributed by atoms with Gasteiger partial charge >= 0.3 is 0 Å². The van der Waals surface area contributed by atoms with Crippen molar-refractivity contribution in [1.29, 1.82) is 0 Å². The molecule has 5 heteroatoms. The van der Waals surface area contributed by atoms with Crippen LogP contribution in [0.2, 0.25) is 0 Å². The van der Waals surface area contributed by atoms with Gasteiger partial charge in [0, 0.05) is 11.6 Å². The quantitative estimate of drug-likeness (QED) is 0.454. The van der Waals surface area contributed by atoms with E-state index in [0.717, 1.165) is 25.1 Å². The van der Waals surface area contributed by atoms with E-state index >= 15 is 0 Å². The second-order valence-corrected chi connectivity index (χ2v) is 10.8. The summed E-state index contributed by atoms with van der Waals surface area (Å²) < 4.78 is 0. The molecule has 12 heavy (non-hydrogen) atoms. The first-order valence-electron chi connectivity index (χ1n) is 3.91. The first-order valence-corrected chi connectivity index (χ1v) is 8.73. The Balaban J connectivity index is 3.40. The van der Waals surface area contributed by atoms with Gasteiger partial charge in [-0.1, -0.05) is 13.3 Å². The summed E-state index contributed by atoms with van der Waals surface area (Å²) in [6, 6.07) is 0. The molecule has 0 aliphatic carbocycles. The van der Waals surface area contributed by atoms with E-state index in [0.29, 0.717) is 11.7 Å². The average molecular weight is 272 g/mol. The number of hydrogen-bond donors (Lipinski definition) is 0. The van der Waals surface area contributed by atoms with Gasteiger partial charge in [0.1, 0.15) is 0 Å². The lowest BCUT2D eigenvalue weighted by atomic mass is 10.1. The Kier molecular flexibility index (Phi) is 7.76. The molecule has 0 spiro atoms. The Hall–Kier alpha value is 1.51. The zero-order valence-electron chi connectivity index (χ0n) is 7.03. The van der Waals surface area contributed by atoms with Crippen LogP contribution < -0.4 is 0 Å². The molecule has 1 atom stereocenters. The maximum absolute atomic E-state index is 5.73. The summed E-state index contributed by atoms with van der Waals surface area (Å²) in [5.74, 6) is 1.93. The fourth-order valence-corrected chi connectivity index (χ4v) is 3.93. The highest BCUT2D eigenvalue weighted by molar-refractivity contribution is 8.79. The Morgan fingerprint density at radius 2 is 1.75 bits per heavy atom. The maximum Gasteiger partial charge on any atom is 0.0223 e. The molecule has 0 aromatic carbocycles. The minimum atomic E-state index is -1.88. The van der Waals surface area contributed by atoms with Gasteiger partial charge in [-0.05, 0) is 58.5 Å². The minimum absolute atomic E-state index is 0.496. The average Bonchev–Trinajstić information content (AvgIpc) is 1.84. The first-order chi connectivity index (χ1) is 5.45. The maximum atomic E-state index is 5.73. The molecule has 0 aromatic rings. The highest BCUT2D eigenvalue weighted by atomic mass is 36.2. The zero-order chi connectivity index (χ0) is 9.61. The second kappa shape index (κ2) is 6.89. The molecular weight excluding hydrogens is 258 g/mol. The number of hydrogen-bond acceptors (Lipinski definition) is 0. The van der Waals surface area contributed by atoms with Crippen LogP contribution in [0.5, 0.6) is 0 Å². The van der Waals surface area contributed by atoms with Crippen molar-refractivity contribution in [2.24, 2.45) is 5.92 Å². The third kappa shape index (κ3) is 9.60. The van der Waals surface area contributed by atoms with Crippen LogP contribution in [-0.4, -0.2) is 11.6 Å². The molecule has 0 N–H and O–H groups in total. The van der Waals surface area contributed by atoms with Crippen molar-refractivity contribution in [3.8, 4) is 0 Å². The standard InChI is InChI=1S/C7H14Cl4S/c1-7(4-2-3-5-8)6-12(9,10)11/h7H,2-6H2,1H3. The van der Waals surface area contributed by atoms with Crippen molar-refractivity contribution in [3.63, 3.8) is 0 Å². The molecule has 0 aliphatic rings. The smallest absolute Gasteiger partial charge is 0.0223 e. The Morgan fingerprint density at radius 3 is 2.17 bits per heavy atom. The van der Waals surface area contributed by atoms with E-state index in [9.17, 15) is 0 Å². The molecule has 0 heterocycles. The van der Waals surface area contributed by atoms with Gasteiger partial charge in [0.2, 0.25) is 0 Å². The van der Waals surface area contributed by atoms with Crippen molar-refractivity contribution < 1.29 is 0 Å². The number of rotatable bonds is 6. The van der Waals surface area contributed by atoms with Crippen LogP contribution in [0.25, 0.3) is 0 Å². The van der Waals surface area contributed by atoms with Crippen molar-refractivity contribution in [2.75, 3.05) is 11.6 Å². The number of unbranched alkanes of at least 4 members (excludes halogenated alkanes) is 1. The number of halogens is 4. The Morgan fingerprint density at radius 1 is 1.17 bits per heavy atom. The molecule has 0 rings (SSSR count). The summed E-state index contributed by atoms with van der Waals surface area (Å²) in [6.07, 6.45) is 3.29. The van der Waals surface area contributed by atoms with Crippen molar-refractivity contribution in [1.82, 2.24) is 0 Å². The van der Waals surface area contributed by atoms with Crippen LogP contribution >= 0.6 is 51.3 Å². The highest BCUT2D eigenvalue weighted by Crippen LogP contribution is 2.64. The van der Waals surface area contributed by atoms with Crippen LogP contribution in [0.1, 0.15) is 26.2 Å². The van der Waals surface area contributed by atoms with Crippen LogP contribution in [-0.2, 0) is 0 Å². The van der Waals surface area contributed by atoms with E-state index < -0.39 is 7.67 Å². The zero-order valence-corrected chi connectivity index (χ0v) is 10.9. The van der Waals surface area contributed by atoms with E-state index in [1.165, 1.54) is 0 Å². The fourth-order valence-electron chi connectivity index (χ4n) is 0.993. The Bertz CT molecular complexity index is 112. The predicted octanol–water partition coefficient (Wildman–Crippen LogP) is 5.30. The van der Waals surface area contributed by atoms with Gasteiger partial charge in [0.15, 0.2) is 0 Å². The van der Waals surface area contributed by atoms with Crippen molar-refractivity contribution in [2.45, 2.75) is 26.2 Å². The topological polar surface area (TPSA) is 0 Å². The highest BCUT2D eigenvalue weighted by Gasteiger charge is 2.17. The molecule has 0 saturated heterocycles. The normalized spacial score (nSPS) is 16.1. The Labute approximate surface area is 94.7 Å². The van der Waals surface area contributed by atoms with E-state index in [1.54, 1.807) is 0 Å². The lowest BCUT2D eigenvalue weighted by Gasteiger charge is -2.20. The minimum Gasteiger partial charge on any atom is -0.127 e. The summed E-state index contributed by atoms with van der Waals surface area (Å²) in [5.41, 5.74) is 0. The summed E-state index contributed by atoms with van der Waals surface area (Å²) in [4.78, 5) is 0. The van der Waals surface area contributed by atoms with Gasteiger partial charge in [0.05, 0.1) is 0 Å². The molecule has 0 saturated carbocycles. The lowest BCUT2D eigenvalue weighted by molar-refractivity contribution is 0.559. The summed E-state index contributed by atoms with van der Waals surface area (Å²) in [7, 11) is 15.3. The molecule has 0 nitrogen and oxygen atoms in total. The van der Waals surface area contributed by atoms with Crippen LogP contribution in [0.15, 0.2) is 0 Å². The fraction of sp³-hybridized carbons (Fsp3) is 1.00. The SMILES string of the molecule is CC(CCCCCl)CS(Cl)(Cl)Cl. The lowest BCUT2D eigenvalue weighted by Crippen LogP contribution is -2.01. The molecule has 76 valence electrons. The van der Waals surface area contributed by atoms with E-state index in [1.807, 2.05) is 0 Å². The molecule has 0 bridgehead atoms. The molecular formula is C7H14Cl4S. The summed E-state index contributed by atoms with van der Waals surface area (Å²) >= 11 is 5.55. The molecule has 0 amide bonds. The monoisotopic (exact) mass is 270 g/mol. The van der Waals surface area contributed by atoms with Gasteiger partial charge in [-0.25, -0.2) is 0 Å². The molecule has 0 aromatic heterocycles. The van der Waals surface area contributed by atoms with Gasteiger partial charge in [-0.2, -0.15) is 0 Å². The second-order valence-electron chi connectivity index (χ2n) is 2.96. The van der Waals surface area contributed by atoms with E-state index in [2.05, 4.69) is 6.92 Å². The van der Waals surface area contributed by atoms with Crippen LogP contribution in [0.4, 0.5) is 0 Å². The molecule has 0 aliphatic heterocycles. The van der Waals surface area contributed by atoms with Gasteiger partial charge in [-0.15, -0.1) is 11.6 Å². The molecule has 1 unspecified atom stereocenters. The van der Waals surface area contributed by atoms with Crippen LogP contribution in [0.3, 0.4) is 0 Å². The van der Waals surface area contributed by atoms with Gasteiger partial charge in [0.25, 0.3) is 0 Å². The van der Waals surface area contributed by atoms with Gasteiger partial charge in [-0.3, -0.25) is 0 Å².